The minimum Gasteiger partial charge on any atom is -0.491 e. The van der Waals surface area contributed by atoms with Crippen molar-refractivity contribution in [3.63, 3.8) is 0 Å². The summed E-state index contributed by atoms with van der Waals surface area (Å²) in [6, 6.07) is 4.37. The van der Waals surface area contributed by atoms with Crippen LogP contribution >= 0.6 is 11.5 Å². The zero-order valence-corrected chi connectivity index (χ0v) is 11.8. The summed E-state index contributed by atoms with van der Waals surface area (Å²) in [5, 5.41) is 12.4. The third-order valence-electron chi connectivity index (χ3n) is 2.57. The van der Waals surface area contributed by atoms with Crippen molar-refractivity contribution in [2.24, 2.45) is 0 Å². The maximum Gasteiger partial charge on any atom is 0.340 e. The number of carboxylic acid groups (broad SMARTS) is 1. The minimum atomic E-state index is -1.06. The number of aromatic nitrogens is 1. The Hall–Kier alpha value is -2.15. The number of aromatic carboxylic acids is 1. The lowest BCUT2D eigenvalue weighted by Crippen LogP contribution is -2.02. The van der Waals surface area contributed by atoms with Crippen molar-refractivity contribution in [1.29, 1.82) is 0 Å². The molecule has 1 aromatic heterocycles. The molecule has 106 valence electrons. The monoisotopic (exact) mass is 296 g/mol. The molecule has 7 heteroatoms. The van der Waals surface area contributed by atoms with E-state index in [-0.39, 0.29) is 11.3 Å². The molecule has 1 aromatic carbocycles. The van der Waals surface area contributed by atoms with Crippen LogP contribution in [0.15, 0.2) is 18.2 Å². The number of rotatable bonds is 5. The van der Waals surface area contributed by atoms with Gasteiger partial charge in [0.1, 0.15) is 10.6 Å². The van der Waals surface area contributed by atoms with Crippen molar-refractivity contribution in [3.8, 4) is 5.75 Å². The highest BCUT2D eigenvalue weighted by Gasteiger charge is 2.18. The first-order chi connectivity index (χ1) is 9.52. The molecule has 2 aromatic rings. The van der Waals surface area contributed by atoms with Gasteiger partial charge in [0.15, 0.2) is 11.6 Å². The van der Waals surface area contributed by atoms with Crippen LogP contribution in [0.2, 0.25) is 0 Å². The SMILES string of the molecule is CCOc1ccc(Nc2snc(C)c2C(=O)O)cc1F. The number of hydrogen-bond acceptors (Lipinski definition) is 5. The topological polar surface area (TPSA) is 71.5 Å². The van der Waals surface area contributed by atoms with Gasteiger partial charge in [0.25, 0.3) is 0 Å². The summed E-state index contributed by atoms with van der Waals surface area (Å²) in [5.74, 6) is -1.41. The summed E-state index contributed by atoms with van der Waals surface area (Å²) >= 11 is 1.02. The van der Waals surface area contributed by atoms with Gasteiger partial charge < -0.3 is 15.2 Å². The molecule has 20 heavy (non-hydrogen) atoms. The lowest BCUT2D eigenvalue weighted by molar-refractivity contribution is 0.0697. The van der Waals surface area contributed by atoms with Crippen LogP contribution < -0.4 is 10.1 Å². The first-order valence-corrected chi connectivity index (χ1v) is 6.69. The molecule has 0 aliphatic heterocycles. The molecule has 0 aliphatic rings. The summed E-state index contributed by atoms with van der Waals surface area (Å²) in [6.07, 6.45) is 0. The fourth-order valence-electron chi connectivity index (χ4n) is 1.69. The Morgan fingerprint density at radius 3 is 2.90 bits per heavy atom. The lowest BCUT2D eigenvalue weighted by Gasteiger charge is -2.08. The van der Waals surface area contributed by atoms with Gasteiger partial charge in [-0.25, -0.2) is 9.18 Å². The average Bonchev–Trinajstić information content (AvgIpc) is 2.74. The molecule has 2 N–H and O–H groups in total. The largest absolute Gasteiger partial charge is 0.491 e. The highest BCUT2D eigenvalue weighted by atomic mass is 32.1. The first-order valence-electron chi connectivity index (χ1n) is 5.91. The fourth-order valence-corrected chi connectivity index (χ4v) is 2.50. The molecule has 2 rings (SSSR count). The molecular weight excluding hydrogens is 283 g/mol. The van der Waals surface area contributed by atoms with Gasteiger partial charge in [0.05, 0.1) is 12.3 Å². The second-order valence-corrected chi connectivity index (χ2v) is 4.75. The van der Waals surface area contributed by atoms with E-state index < -0.39 is 11.8 Å². The molecule has 1 heterocycles. The number of halogens is 1. The van der Waals surface area contributed by atoms with Gasteiger partial charge in [-0.2, -0.15) is 4.37 Å². The van der Waals surface area contributed by atoms with Gasteiger partial charge in [0, 0.05) is 11.8 Å². The fraction of sp³-hybridized carbons (Fsp3) is 0.231. The van der Waals surface area contributed by atoms with E-state index in [0.717, 1.165) is 11.5 Å². The van der Waals surface area contributed by atoms with E-state index >= 15 is 0 Å². The molecule has 0 unspecified atom stereocenters. The molecule has 0 saturated heterocycles. The second-order valence-electron chi connectivity index (χ2n) is 3.98. The Labute approximate surface area is 119 Å². The van der Waals surface area contributed by atoms with E-state index in [1.807, 2.05) is 0 Å². The Bertz CT molecular complexity index is 643. The molecule has 0 amide bonds. The first kappa shape index (κ1) is 14.3. The molecule has 0 radical (unpaired) electrons. The number of carboxylic acids is 1. The van der Waals surface area contributed by atoms with E-state index in [2.05, 4.69) is 9.69 Å². The average molecular weight is 296 g/mol. The number of carbonyl (C=O) groups is 1. The summed E-state index contributed by atoms with van der Waals surface area (Å²) in [4.78, 5) is 11.1. The maximum absolute atomic E-state index is 13.7. The Morgan fingerprint density at radius 1 is 1.55 bits per heavy atom. The maximum atomic E-state index is 13.7. The molecule has 0 aliphatic carbocycles. The van der Waals surface area contributed by atoms with E-state index in [0.29, 0.717) is 23.0 Å². The Morgan fingerprint density at radius 2 is 2.30 bits per heavy atom. The van der Waals surface area contributed by atoms with Crippen molar-refractivity contribution in [2.45, 2.75) is 13.8 Å². The van der Waals surface area contributed by atoms with Gasteiger partial charge in [-0.3, -0.25) is 0 Å². The molecule has 0 atom stereocenters. The van der Waals surface area contributed by atoms with Crippen molar-refractivity contribution < 1.29 is 19.0 Å². The van der Waals surface area contributed by atoms with Gasteiger partial charge >= 0.3 is 5.97 Å². The molecule has 0 spiro atoms. The summed E-state index contributed by atoms with van der Waals surface area (Å²) in [5.41, 5.74) is 0.970. The van der Waals surface area contributed by atoms with Crippen LogP contribution in [-0.2, 0) is 0 Å². The summed E-state index contributed by atoms with van der Waals surface area (Å²) in [6.45, 7) is 3.76. The van der Waals surface area contributed by atoms with Crippen LogP contribution in [-0.4, -0.2) is 22.1 Å². The van der Waals surface area contributed by atoms with Gasteiger partial charge in [-0.15, -0.1) is 0 Å². The van der Waals surface area contributed by atoms with Crippen molar-refractivity contribution in [2.75, 3.05) is 11.9 Å². The lowest BCUT2D eigenvalue weighted by atomic mass is 10.2. The number of aryl methyl sites for hydroxylation is 1. The van der Waals surface area contributed by atoms with E-state index in [4.69, 9.17) is 9.84 Å². The number of nitrogens with zero attached hydrogens (tertiary/aromatic N) is 1. The van der Waals surface area contributed by atoms with Crippen LogP contribution in [0.5, 0.6) is 5.75 Å². The normalized spacial score (nSPS) is 10.3. The zero-order valence-electron chi connectivity index (χ0n) is 10.9. The smallest absolute Gasteiger partial charge is 0.340 e. The van der Waals surface area contributed by atoms with E-state index in [1.54, 1.807) is 19.9 Å². The molecule has 0 bridgehead atoms. The zero-order chi connectivity index (χ0) is 14.7. The third-order valence-corrected chi connectivity index (χ3v) is 3.42. The number of benzene rings is 1. The van der Waals surface area contributed by atoms with Crippen LogP contribution in [0.25, 0.3) is 0 Å². The van der Waals surface area contributed by atoms with Gasteiger partial charge in [-0.1, -0.05) is 0 Å². The molecular formula is C13H13FN2O3S. The van der Waals surface area contributed by atoms with E-state index in [1.165, 1.54) is 12.1 Å². The van der Waals surface area contributed by atoms with Gasteiger partial charge in [0.2, 0.25) is 0 Å². The number of nitrogens with one attached hydrogen (secondary N) is 1. The quantitative estimate of drug-likeness (QED) is 0.884. The molecule has 0 saturated carbocycles. The minimum absolute atomic E-state index is 0.101. The van der Waals surface area contributed by atoms with Crippen LogP contribution in [0.3, 0.4) is 0 Å². The summed E-state index contributed by atoms with van der Waals surface area (Å²) in [7, 11) is 0. The van der Waals surface area contributed by atoms with Crippen LogP contribution in [0.1, 0.15) is 23.0 Å². The van der Waals surface area contributed by atoms with Crippen LogP contribution in [0.4, 0.5) is 15.1 Å². The molecule has 0 fully saturated rings. The number of ether oxygens (including phenoxy) is 1. The highest BCUT2D eigenvalue weighted by Crippen LogP contribution is 2.29. The van der Waals surface area contributed by atoms with Crippen molar-refractivity contribution in [3.05, 3.63) is 35.3 Å². The Kier molecular flexibility index (Phi) is 4.19. The standard InChI is InChI=1S/C13H13FN2O3S/c1-3-19-10-5-4-8(6-9(10)14)15-12-11(13(17)18)7(2)16-20-12/h4-6,15H,3H2,1-2H3,(H,17,18). The highest BCUT2D eigenvalue weighted by molar-refractivity contribution is 7.10. The number of anilines is 2. The van der Waals surface area contributed by atoms with E-state index in [9.17, 15) is 9.18 Å². The predicted octanol–water partition coefficient (Wildman–Crippen LogP) is 3.43. The van der Waals surface area contributed by atoms with Crippen molar-refractivity contribution >= 4 is 28.2 Å². The van der Waals surface area contributed by atoms with Crippen LogP contribution in [0, 0.1) is 12.7 Å². The third kappa shape index (κ3) is 2.88. The Balaban J connectivity index is 2.27. The second kappa shape index (κ2) is 5.87. The summed E-state index contributed by atoms with van der Waals surface area (Å²) < 4.78 is 22.8. The number of hydrogen-bond donors (Lipinski definition) is 2. The van der Waals surface area contributed by atoms with Crippen molar-refractivity contribution in [1.82, 2.24) is 4.37 Å². The molecule has 5 nitrogen and oxygen atoms in total. The van der Waals surface area contributed by atoms with Gasteiger partial charge in [-0.05, 0) is 37.5 Å². The predicted molar refractivity (Wildman–Crippen MR) is 74.7 cm³/mol.